The Morgan fingerprint density at radius 2 is 2.31 bits per heavy atom. The van der Waals surface area contributed by atoms with Gasteiger partial charge in [0.05, 0.1) is 5.75 Å². The molecule has 1 rings (SSSR count). The number of thiophene rings is 1. The molecule has 0 spiro atoms. The minimum Gasteiger partial charge on any atom is -0.385 e. The van der Waals surface area contributed by atoms with Gasteiger partial charge < -0.3 is 4.74 Å². The zero-order chi connectivity index (χ0) is 12.0. The summed E-state index contributed by atoms with van der Waals surface area (Å²) in [6, 6.07) is 1.90. The van der Waals surface area contributed by atoms with Crippen LogP contribution in [0.3, 0.4) is 0 Å². The van der Waals surface area contributed by atoms with Crippen LogP contribution in [0.2, 0.25) is 0 Å². The Morgan fingerprint density at radius 3 is 2.88 bits per heavy atom. The molecule has 7 heteroatoms. The molecule has 0 aromatic carbocycles. The van der Waals surface area contributed by atoms with Gasteiger partial charge in [0.15, 0.2) is 0 Å². The van der Waals surface area contributed by atoms with E-state index in [0.29, 0.717) is 19.6 Å². The highest BCUT2D eigenvalue weighted by molar-refractivity contribution is 9.10. The molecule has 0 radical (unpaired) electrons. The van der Waals surface area contributed by atoms with E-state index in [2.05, 4.69) is 20.7 Å². The van der Waals surface area contributed by atoms with Crippen molar-refractivity contribution in [3.63, 3.8) is 0 Å². The summed E-state index contributed by atoms with van der Waals surface area (Å²) in [5, 5.41) is 1.92. The van der Waals surface area contributed by atoms with Crippen molar-refractivity contribution in [2.75, 3.05) is 19.5 Å². The SMILES string of the molecule is COCCCS(=O)(=O)NCc1sccc1Br. The number of halogens is 1. The molecule has 0 aliphatic rings. The maximum atomic E-state index is 11.5. The third kappa shape index (κ3) is 4.92. The minimum absolute atomic E-state index is 0.101. The second-order valence-corrected chi connectivity index (χ2v) is 6.96. The van der Waals surface area contributed by atoms with Crippen LogP contribution in [-0.2, 0) is 21.3 Å². The molecule has 92 valence electrons. The quantitative estimate of drug-likeness (QED) is 0.779. The lowest BCUT2D eigenvalue weighted by Gasteiger charge is -2.05. The number of sulfonamides is 1. The van der Waals surface area contributed by atoms with E-state index in [1.165, 1.54) is 11.3 Å². The van der Waals surface area contributed by atoms with Crippen LogP contribution in [0.5, 0.6) is 0 Å². The predicted molar refractivity (Wildman–Crippen MR) is 69.1 cm³/mol. The molecule has 1 N–H and O–H groups in total. The highest BCUT2D eigenvalue weighted by Crippen LogP contribution is 2.22. The maximum absolute atomic E-state index is 11.5. The molecule has 0 bridgehead atoms. The van der Waals surface area contributed by atoms with Crippen molar-refractivity contribution in [3.05, 3.63) is 20.8 Å². The molecule has 0 fully saturated rings. The average molecular weight is 328 g/mol. The Hall–Kier alpha value is 0.0500. The van der Waals surface area contributed by atoms with Gasteiger partial charge >= 0.3 is 0 Å². The van der Waals surface area contributed by atoms with E-state index >= 15 is 0 Å². The Bertz CT molecular complexity index is 416. The lowest BCUT2D eigenvalue weighted by Crippen LogP contribution is -2.26. The standard InChI is InChI=1S/C9H14BrNO3S2/c1-14-4-2-6-16(12,13)11-7-9-8(10)3-5-15-9/h3,5,11H,2,4,6-7H2,1H3. The van der Waals surface area contributed by atoms with Gasteiger partial charge in [-0.2, -0.15) is 0 Å². The highest BCUT2D eigenvalue weighted by atomic mass is 79.9. The van der Waals surface area contributed by atoms with E-state index in [9.17, 15) is 8.42 Å². The van der Waals surface area contributed by atoms with E-state index in [-0.39, 0.29) is 5.75 Å². The fourth-order valence-electron chi connectivity index (χ4n) is 1.09. The molecule has 0 saturated heterocycles. The first-order valence-electron chi connectivity index (χ1n) is 4.73. The Balaban J connectivity index is 2.39. The molecule has 4 nitrogen and oxygen atoms in total. The number of ether oxygens (including phenoxy) is 1. The molecular weight excluding hydrogens is 314 g/mol. The minimum atomic E-state index is -3.19. The number of methoxy groups -OCH3 is 1. The van der Waals surface area contributed by atoms with Crippen molar-refractivity contribution in [3.8, 4) is 0 Å². The third-order valence-electron chi connectivity index (χ3n) is 1.91. The van der Waals surface area contributed by atoms with Crippen LogP contribution in [0.25, 0.3) is 0 Å². The molecule has 0 aliphatic carbocycles. The summed E-state index contributed by atoms with van der Waals surface area (Å²) in [6.45, 7) is 0.803. The summed E-state index contributed by atoms with van der Waals surface area (Å²) in [6.07, 6.45) is 0.511. The van der Waals surface area contributed by atoms with E-state index < -0.39 is 10.0 Å². The number of rotatable bonds is 7. The summed E-state index contributed by atoms with van der Waals surface area (Å²) in [7, 11) is -1.63. The van der Waals surface area contributed by atoms with Crippen LogP contribution in [0.1, 0.15) is 11.3 Å². The first kappa shape index (κ1) is 14.1. The molecule has 1 aromatic rings. The summed E-state index contributed by atoms with van der Waals surface area (Å²) < 4.78 is 31.4. The summed E-state index contributed by atoms with van der Waals surface area (Å²) in [5.74, 6) is 0.101. The monoisotopic (exact) mass is 327 g/mol. The maximum Gasteiger partial charge on any atom is 0.212 e. The van der Waals surface area contributed by atoms with Gasteiger partial charge in [-0.15, -0.1) is 11.3 Å². The number of hydrogen-bond donors (Lipinski definition) is 1. The second kappa shape index (κ2) is 6.70. The van der Waals surface area contributed by atoms with Crippen LogP contribution in [-0.4, -0.2) is 27.9 Å². The summed E-state index contributed by atoms with van der Waals surface area (Å²) in [4.78, 5) is 0.982. The molecule has 0 saturated carbocycles. The first-order chi connectivity index (χ1) is 7.55. The summed E-state index contributed by atoms with van der Waals surface area (Å²) >= 11 is 4.87. The fraction of sp³-hybridized carbons (Fsp3) is 0.556. The zero-order valence-corrected chi connectivity index (χ0v) is 12.1. The first-order valence-corrected chi connectivity index (χ1v) is 8.06. The van der Waals surface area contributed by atoms with Crippen LogP contribution >= 0.6 is 27.3 Å². The van der Waals surface area contributed by atoms with Crippen molar-refractivity contribution in [1.29, 1.82) is 0 Å². The van der Waals surface area contributed by atoms with Gasteiger partial charge in [0.1, 0.15) is 0 Å². The van der Waals surface area contributed by atoms with Crippen molar-refractivity contribution < 1.29 is 13.2 Å². The lowest BCUT2D eigenvalue weighted by atomic mass is 10.5. The van der Waals surface area contributed by atoms with Gasteiger partial charge in [-0.25, -0.2) is 13.1 Å². The van der Waals surface area contributed by atoms with E-state index in [1.807, 2.05) is 11.4 Å². The summed E-state index contributed by atoms with van der Waals surface area (Å²) in [5.41, 5.74) is 0. The largest absolute Gasteiger partial charge is 0.385 e. The molecule has 1 aromatic heterocycles. The van der Waals surface area contributed by atoms with E-state index in [0.717, 1.165) is 9.35 Å². The molecule has 0 atom stereocenters. The number of hydrogen-bond acceptors (Lipinski definition) is 4. The van der Waals surface area contributed by atoms with Gasteiger partial charge in [0.25, 0.3) is 0 Å². The van der Waals surface area contributed by atoms with Gasteiger partial charge in [-0.05, 0) is 33.8 Å². The smallest absolute Gasteiger partial charge is 0.212 e. The van der Waals surface area contributed by atoms with Gasteiger partial charge in [-0.1, -0.05) is 0 Å². The van der Waals surface area contributed by atoms with E-state index in [1.54, 1.807) is 7.11 Å². The second-order valence-electron chi connectivity index (χ2n) is 3.18. The van der Waals surface area contributed by atoms with Crippen LogP contribution < -0.4 is 4.72 Å². The highest BCUT2D eigenvalue weighted by Gasteiger charge is 2.10. The third-order valence-corrected chi connectivity index (χ3v) is 5.24. The molecule has 1 heterocycles. The van der Waals surface area contributed by atoms with Crippen molar-refractivity contribution in [2.45, 2.75) is 13.0 Å². The van der Waals surface area contributed by atoms with Crippen LogP contribution in [0.4, 0.5) is 0 Å². The van der Waals surface area contributed by atoms with Crippen molar-refractivity contribution in [1.82, 2.24) is 4.72 Å². The Morgan fingerprint density at radius 1 is 1.56 bits per heavy atom. The predicted octanol–water partition coefficient (Wildman–Crippen LogP) is 1.97. The number of nitrogens with one attached hydrogen (secondary N) is 1. The Kier molecular flexibility index (Phi) is 5.91. The van der Waals surface area contributed by atoms with Gasteiger partial charge in [-0.3, -0.25) is 0 Å². The van der Waals surface area contributed by atoms with Crippen molar-refractivity contribution >= 4 is 37.3 Å². The molecular formula is C9H14BrNO3S2. The normalized spacial score (nSPS) is 11.9. The van der Waals surface area contributed by atoms with Gasteiger partial charge in [0, 0.05) is 29.6 Å². The lowest BCUT2D eigenvalue weighted by molar-refractivity contribution is 0.199. The molecule has 16 heavy (non-hydrogen) atoms. The average Bonchev–Trinajstić information content (AvgIpc) is 2.62. The van der Waals surface area contributed by atoms with E-state index in [4.69, 9.17) is 4.74 Å². The molecule has 0 aliphatic heterocycles. The topological polar surface area (TPSA) is 55.4 Å². The molecule has 0 unspecified atom stereocenters. The fourth-order valence-corrected chi connectivity index (χ4v) is 3.62. The van der Waals surface area contributed by atoms with Crippen molar-refractivity contribution in [2.24, 2.45) is 0 Å². The van der Waals surface area contributed by atoms with Crippen LogP contribution in [0, 0.1) is 0 Å². The zero-order valence-electron chi connectivity index (χ0n) is 8.90. The molecule has 0 amide bonds. The van der Waals surface area contributed by atoms with Crippen LogP contribution in [0.15, 0.2) is 15.9 Å². The van der Waals surface area contributed by atoms with Gasteiger partial charge in [0.2, 0.25) is 10.0 Å². The Labute approximate surface area is 108 Å².